The van der Waals surface area contributed by atoms with E-state index in [1.165, 1.54) is 64.2 Å². The lowest BCUT2D eigenvalue weighted by Gasteiger charge is -2.06. The van der Waals surface area contributed by atoms with Gasteiger partial charge < -0.3 is 25.3 Å². The number of hydrogen-bond acceptors (Lipinski definition) is 5. The van der Waals surface area contributed by atoms with Gasteiger partial charge in [-0.2, -0.15) is 0 Å². The Kier molecular flexibility index (Phi) is 28.9. The molecule has 0 bridgehead atoms. The molecule has 0 spiro atoms. The van der Waals surface area contributed by atoms with Gasteiger partial charge in [0.15, 0.2) is 0 Å². The van der Waals surface area contributed by atoms with Crippen LogP contribution in [0.1, 0.15) is 90.4 Å². The highest BCUT2D eigenvalue weighted by atomic mass is 16.5. The molecule has 32 heavy (non-hydrogen) atoms. The molecule has 0 aromatic rings. The van der Waals surface area contributed by atoms with Crippen molar-refractivity contribution in [2.45, 2.75) is 90.4 Å². The van der Waals surface area contributed by atoms with E-state index >= 15 is 0 Å². The van der Waals surface area contributed by atoms with Crippen molar-refractivity contribution in [3.63, 3.8) is 0 Å². The summed E-state index contributed by atoms with van der Waals surface area (Å²) in [6.07, 6.45) is 16.5. The van der Waals surface area contributed by atoms with Crippen LogP contribution in [0.2, 0.25) is 0 Å². The van der Waals surface area contributed by atoms with Gasteiger partial charge in [0.05, 0.1) is 33.0 Å². The van der Waals surface area contributed by atoms with Crippen molar-refractivity contribution in [1.29, 1.82) is 0 Å². The molecule has 0 aliphatic rings. The highest BCUT2D eigenvalue weighted by molar-refractivity contribution is 5.26. The maximum Gasteiger partial charge on any atom is 0.0701 e. The van der Waals surface area contributed by atoms with E-state index in [0.717, 1.165) is 32.4 Å². The summed E-state index contributed by atoms with van der Waals surface area (Å²) in [6.45, 7) is 8.42. The SMILES string of the molecule is CCCCCCCCCCCCC#CC#CCNCCCOCCOCCOCCCN. The molecule has 0 atom stereocenters. The van der Waals surface area contributed by atoms with Crippen molar-refractivity contribution in [2.24, 2.45) is 5.73 Å². The van der Waals surface area contributed by atoms with Gasteiger partial charge in [0.25, 0.3) is 0 Å². The zero-order valence-corrected chi connectivity index (χ0v) is 20.9. The molecule has 0 aliphatic carbocycles. The van der Waals surface area contributed by atoms with Crippen molar-refractivity contribution in [3.8, 4) is 23.7 Å². The van der Waals surface area contributed by atoms with Crippen LogP contribution in [0.4, 0.5) is 0 Å². The van der Waals surface area contributed by atoms with Crippen molar-refractivity contribution in [2.75, 3.05) is 59.3 Å². The highest BCUT2D eigenvalue weighted by Crippen LogP contribution is 2.10. The molecule has 0 saturated heterocycles. The van der Waals surface area contributed by atoms with Crippen molar-refractivity contribution in [3.05, 3.63) is 0 Å². The van der Waals surface area contributed by atoms with Crippen LogP contribution in [0.5, 0.6) is 0 Å². The lowest BCUT2D eigenvalue weighted by Crippen LogP contribution is -2.17. The van der Waals surface area contributed by atoms with Crippen LogP contribution in [-0.4, -0.2) is 59.3 Å². The minimum absolute atomic E-state index is 0.607. The van der Waals surface area contributed by atoms with Gasteiger partial charge in [0.2, 0.25) is 0 Å². The largest absolute Gasteiger partial charge is 0.379 e. The molecule has 5 nitrogen and oxygen atoms in total. The molecule has 0 saturated carbocycles. The quantitative estimate of drug-likeness (QED) is 0.165. The second-order valence-electron chi connectivity index (χ2n) is 8.05. The molecule has 0 radical (unpaired) electrons. The number of hydrogen-bond donors (Lipinski definition) is 2. The third kappa shape index (κ3) is 28.9. The van der Waals surface area contributed by atoms with Crippen LogP contribution in [0.15, 0.2) is 0 Å². The van der Waals surface area contributed by atoms with Crippen LogP contribution in [0.3, 0.4) is 0 Å². The van der Waals surface area contributed by atoms with Gasteiger partial charge in [-0.3, -0.25) is 0 Å². The molecule has 0 amide bonds. The van der Waals surface area contributed by atoms with Crippen LogP contribution in [0.25, 0.3) is 0 Å². The lowest BCUT2D eigenvalue weighted by atomic mass is 10.1. The lowest BCUT2D eigenvalue weighted by molar-refractivity contribution is 0.0141. The van der Waals surface area contributed by atoms with E-state index in [1.807, 2.05) is 0 Å². The Bertz CT molecular complexity index is 477. The average Bonchev–Trinajstić information content (AvgIpc) is 2.81. The van der Waals surface area contributed by atoms with Gasteiger partial charge in [0, 0.05) is 19.6 Å². The van der Waals surface area contributed by atoms with Crippen molar-refractivity contribution >= 4 is 0 Å². The zero-order chi connectivity index (χ0) is 23.2. The van der Waals surface area contributed by atoms with E-state index in [1.54, 1.807) is 0 Å². The number of nitrogens with two attached hydrogens (primary N) is 1. The predicted octanol–water partition coefficient (Wildman–Crippen LogP) is 4.68. The summed E-state index contributed by atoms with van der Waals surface area (Å²) >= 11 is 0. The summed E-state index contributed by atoms with van der Waals surface area (Å²) < 4.78 is 16.3. The van der Waals surface area contributed by atoms with E-state index in [4.69, 9.17) is 19.9 Å². The fourth-order valence-electron chi connectivity index (χ4n) is 3.07. The Morgan fingerprint density at radius 2 is 1.12 bits per heavy atom. The van der Waals surface area contributed by atoms with E-state index in [9.17, 15) is 0 Å². The van der Waals surface area contributed by atoms with Gasteiger partial charge in [-0.15, -0.1) is 0 Å². The molecule has 0 unspecified atom stereocenters. The van der Waals surface area contributed by atoms with E-state index in [2.05, 4.69) is 35.9 Å². The normalized spacial score (nSPS) is 10.4. The van der Waals surface area contributed by atoms with Gasteiger partial charge >= 0.3 is 0 Å². The summed E-state index contributed by atoms with van der Waals surface area (Å²) in [4.78, 5) is 0. The molecule has 3 N–H and O–H groups in total. The molecule has 186 valence electrons. The second-order valence-corrected chi connectivity index (χ2v) is 8.05. The molecular weight excluding hydrogens is 400 g/mol. The van der Waals surface area contributed by atoms with Crippen molar-refractivity contribution < 1.29 is 14.2 Å². The zero-order valence-electron chi connectivity index (χ0n) is 20.9. The van der Waals surface area contributed by atoms with E-state index in [-0.39, 0.29) is 0 Å². The first kappa shape index (κ1) is 30.9. The molecule has 0 fully saturated rings. The minimum atomic E-state index is 0.607. The first-order valence-electron chi connectivity index (χ1n) is 13.0. The Morgan fingerprint density at radius 3 is 1.75 bits per heavy atom. The Hall–Kier alpha value is -1.08. The fraction of sp³-hybridized carbons (Fsp3) is 0.852. The Morgan fingerprint density at radius 1 is 0.594 bits per heavy atom. The summed E-state index contributed by atoms with van der Waals surface area (Å²) in [5.74, 6) is 12.1. The van der Waals surface area contributed by atoms with Crippen LogP contribution < -0.4 is 11.1 Å². The first-order valence-corrected chi connectivity index (χ1v) is 13.0. The van der Waals surface area contributed by atoms with Gasteiger partial charge in [-0.05, 0) is 44.2 Å². The van der Waals surface area contributed by atoms with Gasteiger partial charge in [0.1, 0.15) is 0 Å². The third-order valence-electron chi connectivity index (χ3n) is 4.99. The van der Waals surface area contributed by atoms with E-state index < -0.39 is 0 Å². The standard InChI is InChI=1S/C27H50N2O3/c1-2-3-4-5-6-7-8-9-10-11-12-13-14-15-16-20-29-21-18-23-31-25-27-32-26-24-30-22-17-19-28/h29H,2-12,17-28H2,1H3. The maximum atomic E-state index is 5.53. The summed E-state index contributed by atoms with van der Waals surface area (Å²) in [5, 5.41) is 3.29. The molecular formula is C27H50N2O3. The first-order chi connectivity index (χ1) is 15.9. The van der Waals surface area contributed by atoms with E-state index in [0.29, 0.717) is 46.1 Å². The van der Waals surface area contributed by atoms with Crippen molar-refractivity contribution in [1.82, 2.24) is 5.32 Å². The summed E-state index contributed by atoms with van der Waals surface area (Å²) in [5.41, 5.74) is 5.39. The molecule has 0 heterocycles. The smallest absolute Gasteiger partial charge is 0.0701 e. The second kappa shape index (κ2) is 29.9. The van der Waals surface area contributed by atoms with Crippen LogP contribution in [0, 0.1) is 23.7 Å². The van der Waals surface area contributed by atoms with Gasteiger partial charge in [-0.25, -0.2) is 0 Å². The number of ether oxygens (including phenoxy) is 3. The van der Waals surface area contributed by atoms with Gasteiger partial charge in [-0.1, -0.05) is 76.6 Å². The number of unbranched alkanes of at least 4 members (excludes halogenated alkanes) is 10. The Balaban J connectivity index is 3.20. The summed E-state index contributed by atoms with van der Waals surface area (Å²) in [7, 11) is 0. The summed E-state index contributed by atoms with van der Waals surface area (Å²) in [6, 6.07) is 0. The topological polar surface area (TPSA) is 65.7 Å². The predicted molar refractivity (Wildman–Crippen MR) is 136 cm³/mol. The monoisotopic (exact) mass is 450 g/mol. The highest BCUT2D eigenvalue weighted by Gasteiger charge is 1.93. The average molecular weight is 451 g/mol. The molecule has 0 aromatic carbocycles. The maximum absolute atomic E-state index is 5.53. The molecule has 0 rings (SSSR count). The Labute approximate surface area is 198 Å². The number of rotatable bonds is 24. The van der Waals surface area contributed by atoms with Crippen LogP contribution in [-0.2, 0) is 14.2 Å². The molecule has 0 aliphatic heterocycles. The third-order valence-corrected chi connectivity index (χ3v) is 4.99. The minimum Gasteiger partial charge on any atom is -0.379 e. The fourth-order valence-corrected chi connectivity index (χ4v) is 3.07. The van der Waals surface area contributed by atoms with Crippen LogP contribution >= 0.6 is 0 Å². The molecule has 0 aromatic heterocycles. The molecule has 5 heteroatoms. The number of nitrogens with one attached hydrogen (secondary N) is 1.